The van der Waals surface area contributed by atoms with E-state index in [9.17, 15) is 9.59 Å². The van der Waals surface area contributed by atoms with E-state index in [4.69, 9.17) is 9.84 Å². The molecular weight excluding hydrogens is 290 g/mol. The lowest BCUT2D eigenvalue weighted by Gasteiger charge is -2.20. The predicted molar refractivity (Wildman–Crippen MR) is 81.6 cm³/mol. The van der Waals surface area contributed by atoms with Gasteiger partial charge in [-0.3, -0.25) is 4.79 Å². The number of thioether (sulfide) groups is 1. The number of nitrogens with zero attached hydrogens (tertiary/aromatic N) is 1. The summed E-state index contributed by atoms with van der Waals surface area (Å²) in [6.07, 6.45) is 0.192. The fourth-order valence-corrected chi connectivity index (χ4v) is 3.27. The van der Waals surface area contributed by atoms with Gasteiger partial charge in [0.1, 0.15) is 11.8 Å². The van der Waals surface area contributed by atoms with Crippen LogP contribution in [0, 0.1) is 13.8 Å². The molecule has 6 heteroatoms. The van der Waals surface area contributed by atoms with Gasteiger partial charge in [-0.2, -0.15) is 0 Å². The number of hydrogen-bond donors (Lipinski definition) is 1. The van der Waals surface area contributed by atoms with Crippen molar-refractivity contribution in [3.05, 3.63) is 29.3 Å². The summed E-state index contributed by atoms with van der Waals surface area (Å²) in [6, 6.07) is 5.08. The second-order valence-corrected chi connectivity index (χ2v) is 6.06. The topological polar surface area (TPSA) is 66.8 Å². The lowest BCUT2D eigenvalue weighted by Crippen LogP contribution is -2.42. The van der Waals surface area contributed by atoms with Crippen LogP contribution in [-0.2, 0) is 9.59 Å². The number of rotatable bonds is 5. The number of carbonyl (C=O) groups excluding carboxylic acids is 1. The minimum Gasteiger partial charge on any atom is -0.493 e. The number of aryl methyl sites for hydroxylation is 2. The number of amides is 1. The molecule has 0 saturated carbocycles. The first kappa shape index (κ1) is 15.7. The number of aliphatic carboxylic acids is 1. The average Bonchev–Trinajstić information content (AvgIpc) is 2.92. The zero-order chi connectivity index (χ0) is 15.4. The molecule has 1 aliphatic heterocycles. The van der Waals surface area contributed by atoms with Crippen molar-refractivity contribution in [3.8, 4) is 5.75 Å². The van der Waals surface area contributed by atoms with Gasteiger partial charge in [0.05, 0.1) is 18.9 Å². The Morgan fingerprint density at radius 1 is 1.38 bits per heavy atom. The molecule has 0 radical (unpaired) electrons. The van der Waals surface area contributed by atoms with Gasteiger partial charge in [-0.25, -0.2) is 4.79 Å². The van der Waals surface area contributed by atoms with Gasteiger partial charge in [0, 0.05) is 5.75 Å². The molecule has 21 heavy (non-hydrogen) atoms. The number of carboxylic acids is 1. The van der Waals surface area contributed by atoms with Gasteiger partial charge < -0.3 is 14.7 Å². The molecule has 114 valence electrons. The van der Waals surface area contributed by atoms with Crippen LogP contribution in [0.2, 0.25) is 0 Å². The Bertz CT molecular complexity index is 546. The summed E-state index contributed by atoms with van der Waals surface area (Å²) in [5, 5.41) is 9.05. The van der Waals surface area contributed by atoms with Crippen LogP contribution in [0.15, 0.2) is 18.2 Å². The number of carbonyl (C=O) groups is 2. The van der Waals surface area contributed by atoms with Gasteiger partial charge in [0.2, 0.25) is 5.91 Å². The minimum absolute atomic E-state index is 0.170. The van der Waals surface area contributed by atoms with Crippen molar-refractivity contribution in [2.45, 2.75) is 26.3 Å². The van der Waals surface area contributed by atoms with Crippen LogP contribution in [-0.4, -0.2) is 46.2 Å². The van der Waals surface area contributed by atoms with Crippen molar-refractivity contribution in [1.82, 2.24) is 4.90 Å². The lowest BCUT2D eigenvalue weighted by atomic mass is 10.1. The molecule has 1 aromatic carbocycles. The van der Waals surface area contributed by atoms with E-state index in [0.717, 1.165) is 11.3 Å². The quantitative estimate of drug-likeness (QED) is 0.902. The maximum absolute atomic E-state index is 12.0. The third kappa shape index (κ3) is 3.91. The summed E-state index contributed by atoms with van der Waals surface area (Å²) in [7, 11) is 0. The average molecular weight is 309 g/mol. The lowest BCUT2D eigenvalue weighted by molar-refractivity contribution is -0.147. The number of benzene rings is 1. The highest BCUT2D eigenvalue weighted by atomic mass is 32.2. The highest BCUT2D eigenvalue weighted by Gasteiger charge is 2.34. The smallest absolute Gasteiger partial charge is 0.327 e. The molecule has 5 nitrogen and oxygen atoms in total. The number of ether oxygens (including phenoxy) is 1. The van der Waals surface area contributed by atoms with E-state index in [1.54, 1.807) is 0 Å². The Morgan fingerprint density at radius 2 is 2.14 bits per heavy atom. The van der Waals surface area contributed by atoms with E-state index >= 15 is 0 Å². The van der Waals surface area contributed by atoms with E-state index in [1.807, 2.05) is 32.0 Å². The summed E-state index contributed by atoms with van der Waals surface area (Å²) in [6.45, 7) is 4.29. The number of carboxylic acid groups (broad SMARTS) is 1. The van der Waals surface area contributed by atoms with E-state index < -0.39 is 12.0 Å². The van der Waals surface area contributed by atoms with Crippen LogP contribution in [0.5, 0.6) is 5.75 Å². The molecule has 1 N–H and O–H groups in total. The van der Waals surface area contributed by atoms with Crippen molar-refractivity contribution in [2.24, 2.45) is 0 Å². The molecule has 1 atom stereocenters. The SMILES string of the molecule is Cc1ccc(OCCC(=O)N2CSCC2C(=O)O)cc1C. The predicted octanol–water partition coefficient (Wildman–Crippen LogP) is 2.06. The van der Waals surface area contributed by atoms with Gasteiger partial charge in [0.15, 0.2) is 0 Å². The highest BCUT2D eigenvalue weighted by Crippen LogP contribution is 2.22. The molecule has 1 fully saturated rings. The molecule has 0 aromatic heterocycles. The molecule has 0 bridgehead atoms. The molecule has 1 aliphatic rings. The Labute approximate surface area is 128 Å². The Balaban J connectivity index is 1.84. The largest absolute Gasteiger partial charge is 0.493 e. The van der Waals surface area contributed by atoms with E-state index in [-0.39, 0.29) is 18.9 Å². The zero-order valence-corrected chi connectivity index (χ0v) is 13.0. The molecular formula is C15H19NO4S. The Kier molecular flexibility index (Phi) is 5.12. The van der Waals surface area contributed by atoms with Crippen LogP contribution in [0.1, 0.15) is 17.5 Å². The van der Waals surface area contributed by atoms with Crippen LogP contribution in [0.4, 0.5) is 0 Å². The molecule has 0 spiro atoms. The maximum atomic E-state index is 12.0. The first-order valence-electron chi connectivity index (χ1n) is 6.79. The van der Waals surface area contributed by atoms with Gasteiger partial charge in [-0.1, -0.05) is 6.07 Å². The second kappa shape index (κ2) is 6.85. The standard InChI is InChI=1S/C15H19NO4S/c1-10-3-4-12(7-11(10)2)20-6-5-14(17)16-9-21-8-13(16)15(18)19/h3-4,7,13H,5-6,8-9H2,1-2H3,(H,18,19). The monoisotopic (exact) mass is 309 g/mol. The van der Waals surface area contributed by atoms with E-state index in [1.165, 1.54) is 22.2 Å². The van der Waals surface area contributed by atoms with Gasteiger partial charge in [0.25, 0.3) is 0 Å². The summed E-state index contributed by atoms with van der Waals surface area (Å²) in [4.78, 5) is 24.5. The minimum atomic E-state index is -0.941. The van der Waals surface area contributed by atoms with Crippen LogP contribution in [0.3, 0.4) is 0 Å². The highest BCUT2D eigenvalue weighted by molar-refractivity contribution is 7.99. The normalized spacial score (nSPS) is 17.8. The molecule has 1 amide bonds. The molecule has 1 aromatic rings. The van der Waals surface area contributed by atoms with Gasteiger partial charge in [-0.15, -0.1) is 11.8 Å². The Morgan fingerprint density at radius 3 is 2.81 bits per heavy atom. The van der Waals surface area contributed by atoms with Gasteiger partial charge in [-0.05, 0) is 37.1 Å². The fraction of sp³-hybridized carbons (Fsp3) is 0.467. The molecule has 0 aliphatic carbocycles. The molecule has 1 saturated heterocycles. The third-order valence-corrected chi connectivity index (χ3v) is 4.56. The summed E-state index contributed by atoms with van der Waals surface area (Å²) in [5.41, 5.74) is 2.33. The first-order valence-corrected chi connectivity index (χ1v) is 7.94. The summed E-state index contributed by atoms with van der Waals surface area (Å²) in [5.74, 6) is 0.523. The van der Waals surface area contributed by atoms with Crippen molar-refractivity contribution in [2.75, 3.05) is 18.2 Å². The zero-order valence-electron chi connectivity index (χ0n) is 12.2. The fourth-order valence-electron chi connectivity index (χ4n) is 2.10. The van der Waals surface area contributed by atoms with E-state index in [2.05, 4.69) is 0 Å². The van der Waals surface area contributed by atoms with Crippen LogP contribution < -0.4 is 4.74 Å². The first-order chi connectivity index (χ1) is 9.99. The summed E-state index contributed by atoms with van der Waals surface area (Å²) >= 11 is 1.46. The van der Waals surface area contributed by atoms with Crippen molar-refractivity contribution < 1.29 is 19.4 Å². The third-order valence-electron chi connectivity index (χ3n) is 3.55. The maximum Gasteiger partial charge on any atom is 0.327 e. The van der Waals surface area contributed by atoms with E-state index in [0.29, 0.717) is 11.6 Å². The molecule has 1 unspecified atom stereocenters. The Hall–Kier alpha value is -1.69. The van der Waals surface area contributed by atoms with Crippen molar-refractivity contribution >= 4 is 23.6 Å². The molecule has 2 rings (SSSR count). The van der Waals surface area contributed by atoms with Crippen LogP contribution in [0.25, 0.3) is 0 Å². The summed E-state index contributed by atoms with van der Waals surface area (Å²) < 4.78 is 5.57. The second-order valence-electron chi connectivity index (χ2n) is 5.06. The van der Waals surface area contributed by atoms with Gasteiger partial charge >= 0.3 is 5.97 Å². The van der Waals surface area contributed by atoms with Crippen molar-refractivity contribution in [3.63, 3.8) is 0 Å². The van der Waals surface area contributed by atoms with Crippen LogP contribution >= 0.6 is 11.8 Å². The molecule has 1 heterocycles. The number of hydrogen-bond acceptors (Lipinski definition) is 4. The van der Waals surface area contributed by atoms with Crippen molar-refractivity contribution in [1.29, 1.82) is 0 Å².